The molecule has 0 saturated heterocycles. The molecule has 4 heteroatoms. The maximum absolute atomic E-state index is 12.8. The third kappa shape index (κ3) is 2.82. The van der Waals surface area contributed by atoms with Crippen molar-refractivity contribution in [1.82, 2.24) is 0 Å². The van der Waals surface area contributed by atoms with Crippen LogP contribution in [0.3, 0.4) is 0 Å². The van der Waals surface area contributed by atoms with Crippen molar-refractivity contribution in [3.8, 4) is 0 Å². The van der Waals surface area contributed by atoms with E-state index in [4.69, 9.17) is 17.2 Å². The van der Waals surface area contributed by atoms with Crippen molar-refractivity contribution in [3.05, 3.63) is 53.6 Å². The molecule has 6 N–H and O–H groups in total. The summed E-state index contributed by atoms with van der Waals surface area (Å²) < 4.78 is 12.8. The van der Waals surface area contributed by atoms with Crippen LogP contribution in [0.15, 0.2) is 42.2 Å². The van der Waals surface area contributed by atoms with E-state index < -0.39 is 0 Å². The average Bonchev–Trinajstić information content (AvgIpc) is 2.14. The van der Waals surface area contributed by atoms with Crippen LogP contribution in [-0.4, -0.2) is 0 Å². The van der Waals surface area contributed by atoms with Gasteiger partial charge in [-0.3, -0.25) is 0 Å². The van der Waals surface area contributed by atoms with E-state index in [1.165, 1.54) is 24.3 Å². The van der Waals surface area contributed by atoms with Gasteiger partial charge in [-0.25, -0.2) is 4.39 Å². The molecule has 1 rings (SSSR count). The molecule has 0 amide bonds. The zero-order valence-corrected chi connectivity index (χ0v) is 7.57. The lowest BCUT2D eigenvalue weighted by molar-refractivity contribution is 0.627. The fraction of sp³-hybridized carbons (Fsp3) is 0. The van der Waals surface area contributed by atoms with Gasteiger partial charge >= 0.3 is 0 Å². The van der Waals surface area contributed by atoms with Gasteiger partial charge in [-0.1, -0.05) is 12.1 Å². The number of hydrogen-bond donors (Lipinski definition) is 3. The molecule has 0 aromatic heterocycles. The highest BCUT2D eigenvalue weighted by atomic mass is 19.1. The molecule has 14 heavy (non-hydrogen) atoms. The van der Waals surface area contributed by atoms with Gasteiger partial charge in [-0.15, -0.1) is 0 Å². The first-order valence-electron chi connectivity index (χ1n) is 4.04. The first-order chi connectivity index (χ1) is 6.59. The Morgan fingerprint density at radius 1 is 1.14 bits per heavy atom. The highest BCUT2D eigenvalue weighted by Crippen LogP contribution is 2.10. The van der Waals surface area contributed by atoms with Crippen LogP contribution in [0.25, 0.3) is 5.70 Å². The van der Waals surface area contributed by atoms with Crippen LogP contribution in [0.1, 0.15) is 5.56 Å². The molecule has 0 fully saturated rings. The van der Waals surface area contributed by atoms with Crippen LogP contribution in [-0.2, 0) is 0 Å². The Morgan fingerprint density at radius 3 is 2.43 bits per heavy atom. The lowest BCUT2D eigenvalue weighted by atomic mass is 10.1. The van der Waals surface area contributed by atoms with Gasteiger partial charge in [0.1, 0.15) is 5.82 Å². The molecule has 0 spiro atoms. The third-order valence-electron chi connectivity index (χ3n) is 1.61. The Kier molecular flexibility index (Phi) is 3.12. The van der Waals surface area contributed by atoms with Crippen molar-refractivity contribution in [2.45, 2.75) is 0 Å². The summed E-state index contributed by atoms with van der Waals surface area (Å²) in [6.07, 6.45) is 2.99. The van der Waals surface area contributed by atoms with Gasteiger partial charge in [-0.2, -0.15) is 0 Å². The SMILES string of the molecule is NC(N)=C/C=C(\N)c1cccc(F)c1. The monoisotopic (exact) mass is 193 g/mol. The number of halogens is 1. The topological polar surface area (TPSA) is 78.1 Å². The van der Waals surface area contributed by atoms with Crippen LogP contribution < -0.4 is 17.2 Å². The number of allylic oxidation sites excluding steroid dienone is 2. The summed E-state index contributed by atoms with van der Waals surface area (Å²) in [7, 11) is 0. The number of benzene rings is 1. The minimum atomic E-state index is -0.330. The summed E-state index contributed by atoms with van der Waals surface area (Å²) in [5.41, 5.74) is 17.1. The molecule has 0 aliphatic heterocycles. The summed E-state index contributed by atoms with van der Waals surface area (Å²) in [4.78, 5) is 0. The molecular formula is C10H12FN3. The highest BCUT2D eigenvalue weighted by Gasteiger charge is 1.96. The van der Waals surface area contributed by atoms with E-state index >= 15 is 0 Å². The van der Waals surface area contributed by atoms with Crippen LogP contribution in [0, 0.1) is 5.82 Å². The molecule has 0 saturated carbocycles. The Hall–Kier alpha value is -1.97. The zero-order valence-electron chi connectivity index (χ0n) is 7.57. The van der Waals surface area contributed by atoms with E-state index in [1.54, 1.807) is 12.1 Å². The second-order valence-electron chi connectivity index (χ2n) is 2.80. The summed E-state index contributed by atoms with van der Waals surface area (Å²) >= 11 is 0. The predicted molar refractivity (Wildman–Crippen MR) is 55.0 cm³/mol. The number of hydrogen-bond acceptors (Lipinski definition) is 3. The normalized spacial score (nSPS) is 11.1. The number of rotatable bonds is 2. The third-order valence-corrected chi connectivity index (χ3v) is 1.61. The van der Waals surface area contributed by atoms with Gasteiger partial charge in [-0.05, 0) is 24.3 Å². The fourth-order valence-corrected chi connectivity index (χ4v) is 0.950. The molecule has 0 bridgehead atoms. The average molecular weight is 193 g/mol. The van der Waals surface area contributed by atoms with E-state index in [0.717, 1.165) is 0 Å². The van der Waals surface area contributed by atoms with Gasteiger partial charge in [0, 0.05) is 11.3 Å². The molecule has 0 atom stereocenters. The Balaban J connectivity index is 2.95. The van der Waals surface area contributed by atoms with Crippen molar-refractivity contribution in [2.24, 2.45) is 17.2 Å². The molecule has 1 aromatic carbocycles. The van der Waals surface area contributed by atoms with Gasteiger partial charge in [0.15, 0.2) is 0 Å². The standard InChI is InChI=1S/C10H12FN3/c11-8-3-1-2-7(6-8)9(12)4-5-10(13)14/h1-6H,12-14H2/b9-4-. The summed E-state index contributed by atoms with van der Waals surface area (Å²) in [6, 6.07) is 5.98. The molecule has 3 nitrogen and oxygen atoms in total. The molecular weight excluding hydrogens is 181 g/mol. The summed E-state index contributed by atoms with van der Waals surface area (Å²) in [5.74, 6) is -0.173. The fourth-order valence-electron chi connectivity index (χ4n) is 0.950. The van der Waals surface area contributed by atoms with Gasteiger partial charge in [0.05, 0.1) is 5.82 Å². The van der Waals surface area contributed by atoms with E-state index in [2.05, 4.69) is 0 Å². The summed E-state index contributed by atoms with van der Waals surface area (Å²) in [5, 5.41) is 0. The molecule has 0 aliphatic rings. The van der Waals surface area contributed by atoms with Gasteiger partial charge < -0.3 is 17.2 Å². The van der Waals surface area contributed by atoms with E-state index in [-0.39, 0.29) is 11.6 Å². The molecule has 0 aliphatic carbocycles. The predicted octanol–water partition coefficient (Wildman–Crippen LogP) is 0.884. The van der Waals surface area contributed by atoms with Crippen molar-refractivity contribution >= 4 is 5.70 Å². The zero-order chi connectivity index (χ0) is 10.6. The van der Waals surface area contributed by atoms with Crippen LogP contribution in [0.2, 0.25) is 0 Å². The van der Waals surface area contributed by atoms with Crippen molar-refractivity contribution < 1.29 is 4.39 Å². The first-order valence-corrected chi connectivity index (χ1v) is 4.04. The maximum Gasteiger partial charge on any atom is 0.123 e. The number of nitrogens with two attached hydrogens (primary N) is 3. The second-order valence-corrected chi connectivity index (χ2v) is 2.80. The van der Waals surface area contributed by atoms with Crippen LogP contribution in [0.5, 0.6) is 0 Å². The molecule has 1 aromatic rings. The minimum Gasteiger partial charge on any atom is -0.398 e. The molecule has 0 unspecified atom stereocenters. The molecule has 0 heterocycles. The Labute approximate surface area is 81.7 Å². The Bertz CT molecular complexity index is 379. The smallest absolute Gasteiger partial charge is 0.123 e. The van der Waals surface area contributed by atoms with Crippen LogP contribution in [0.4, 0.5) is 4.39 Å². The summed E-state index contributed by atoms with van der Waals surface area (Å²) in [6.45, 7) is 0. The molecule has 0 radical (unpaired) electrons. The molecule has 74 valence electrons. The minimum absolute atomic E-state index is 0.157. The van der Waals surface area contributed by atoms with Crippen molar-refractivity contribution in [3.63, 3.8) is 0 Å². The lowest BCUT2D eigenvalue weighted by Crippen LogP contribution is -2.07. The highest BCUT2D eigenvalue weighted by molar-refractivity contribution is 5.64. The Morgan fingerprint density at radius 2 is 1.86 bits per heavy atom. The van der Waals surface area contributed by atoms with Gasteiger partial charge in [0.25, 0.3) is 0 Å². The lowest BCUT2D eigenvalue weighted by Gasteiger charge is -2.00. The maximum atomic E-state index is 12.8. The van der Waals surface area contributed by atoms with Crippen molar-refractivity contribution in [1.29, 1.82) is 0 Å². The second kappa shape index (κ2) is 4.32. The van der Waals surface area contributed by atoms with Crippen molar-refractivity contribution in [2.75, 3.05) is 0 Å². The largest absolute Gasteiger partial charge is 0.398 e. The van der Waals surface area contributed by atoms with E-state index in [1.807, 2.05) is 0 Å². The van der Waals surface area contributed by atoms with Gasteiger partial charge in [0.2, 0.25) is 0 Å². The van der Waals surface area contributed by atoms with E-state index in [0.29, 0.717) is 11.3 Å². The van der Waals surface area contributed by atoms with E-state index in [9.17, 15) is 4.39 Å². The van der Waals surface area contributed by atoms with Crippen LogP contribution >= 0.6 is 0 Å². The first kappa shape index (κ1) is 10.1. The quantitative estimate of drug-likeness (QED) is 0.610.